The molecule has 1 saturated heterocycles. The maximum Gasteiger partial charge on any atom is 0.407 e. The van der Waals surface area contributed by atoms with Gasteiger partial charge in [-0.25, -0.2) is 4.79 Å². The highest BCUT2D eigenvalue weighted by atomic mass is 16.5. The molecular weight excluding hydrogens is 286 g/mol. The van der Waals surface area contributed by atoms with E-state index in [0.29, 0.717) is 30.1 Å². The third-order valence-corrected chi connectivity index (χ3v) is 3.37. The molecule has 0 radical (unpaired) electrons. The number of benzene rings is 1. The maximum absolute atomic E-state index is 10.8. The fraction of sp³-hybridized carbons (Fsp3) is 0.200. The van der Waals surface area contributed by atoms with Crippen LogP contribution >= 0.6 is 0 Å². The van der Waals surface area contributed by atoms with Crippen molar-refractivity contribution in [3.8, 4) is 17.0 Å². The molecule has 3 rings (SSSR count). The minimum Gasteiger partial charge on any atom is -0.485 e. The van der Waals surface area contributed by atoms with Crippen LogP contribution in [0.4, 0.5) is 4.79 Å². The van der Waals surface area contributed by atoms with Gasteiger partial charge in [-0.1, -0.05) is 18.2 Å². The number of aldehydes is 1. The lowest BCUT2D eigenvalue weighted by atomic mass is 10.1. The highest BCUT2D eigenvalue weighted by Gasteiger charge is 2.32. The molecule has 0 saturated carbocycles. The Labute approximate surface area is 126 Å². The van der Waals surface area contributed by atoms with E-state index in [2.05, 4.69) is 10.2 Å². The van der Waals surface area contributed by atoms with Gasteiger partial charge < -0.3 is 14.7 Å². The summed E-state index contributed by atoms with van der Waals surface area (Å²) < 4.78 is 5.67. The predicted octanol–water partition coefficient (Wildman–Crippen LogP) is 1.70. The fourth-order valence-electron chi connectivity index (χ4n) is 2.19. The van der Waals surface area contributed by atoms with Crippen molar-refractivity contribution in [1.29, 1.82) is 0 Å². The van der Waals surface area contributed by atoms with Crippen LogP contribution in [0.5, 0.6) is 5.75 Å². The van der Waals surface area contributed by atoms with E-state index in [1.54, 1.807) is 24.3 Å². The van der Waals surface area contributed by atoms with Crippen LogP contribution in [0.25, 0.3) is 11.3 Å². The van der Waals surface area contributed by atoms with Crippen LogP contribution in [-0.4, -0.2) is 51.8 Å². The quantitative estimate of drug-likeness (QED) is 0.864. The molecule has 1 aliphatic heterocycles. The summed E-state index contributed by atoms with van der Waals surface area (Å²) >= 11 is 0. The first-order valence-corrected chi connectivity index (χ1v) is 6.68. The first kappa shape index (κ1) is 14.0. The second-order valence-electron chi connectivity index (χ2n) is 4.95. The minimum absolute atomic E-state index is 0.172. The average Bonchev–Trinajstić information content (AvgIpc) is 2.50. The SMILES string of the molecule is O=Cc1cccc(-c2cc(OC3CN(C(=O)O)C3)cnn2)c1. The Balaban J connectivity index is 1.73. The minimum atomic E-state index is -0.945. The zero-order valence-corrected chi connectivity index (χ0v) is 11.5. The summed E-state index contributed by atoms with van der Waals surface area (Å²) in [5.41, 5.74) is 1.92. The van der Waals surface area contributed by atoms with E-state index in [1.165, 1.54) is 11.1 Å². The molecule has 0 spiro atoms. The van der Waals surface area contributed by atoms with Crippen molar-refractivity contribution in [3.05, 3.63) is 42.1 Å². The molecule has 0 atom stereocenters. The van der Waals surface area contributed by atoms with Crippen LogP contribution < -0.4 is 4.74 Å². The summed E-state index contributed by atoms with van der Waals surface area (Å²) in [7, 11) is 0. The molecule has 2 aromatic rings. The van der Waals surface area contributed by atoms with Crippen LogP contribution in [-0.2, 0) is 0 Å². The molecule has 0 unspecified atom stereocenters. The molecule has 1 aliphatic rings. The van der Waals surface area contributed by atoms with Gasteiger partial charge in [0.2, 0.25) is 0 Å². The lowest BCUT2D eigenvalue weighted by molar-refractivity contribution is 0.0250. The summed E-state index contributed by atoms with van der Waals surface area (Å²) in [6, 6.07) is 8.75. The molecule has 1 aromatic heterocycles. The summed E-state index contributed by atoms with van der Waals surface area (Å²) in [6.07, 6.45) is 1.14. The second kappa shape index (κ2) is 5.80. The third-order valence-electron chi connectivity index (χ3n) is 3.37. The Morgan fingerprint density at radius 1 is 1.36 bits per heavy atom. The number of amides is 1. The lowest BCUT2D eigenvalue weighted by Gasteiger charge is -2.36. The zero-order chi connectivity index (χ0) is 15.5. The lowest BCUT2D eigenvalue weighted by Crippen LogP contribution is -2.55. The van der Waals surface area contributed by atoms with Crippen molar-refractivity contribution in [1.82, 2.24) is 15.1 Å². The number of carbonyl (C=O) groups excluding carboxylic acids is 1. The Hall–Kier alpha value is -2.96. The first-order valence-electron chi connectivity index (χ1n) is 6.68. The van der Waals surface area contributed by atoms with Gasteiger partial charge in [-0.15, -0.1) is 0 Å². The van der Waals surface area contributed by atoms with E-state index in [1.807, 2.05) is 6.07 Å². The van der Waals surface area contributed by atoms with Crippen LogP contribution in [0.15, 0.2) is 36.5 Å². The molecule has 0 aliphatic carbocycles. The standard InChI is InChI=1S/C15H13N3O4/c19-9-10-2-1-3-11(4-10)14-5-12(6-16-17-14)22-13-7-18(8-13)15(20)21/h1-6,9,13H,7-8H2,(H,20,21). The van der Waals surface area contributed by atoms with Crippen LogP contribution in [0.2, 0.25) is 0 Å². The van der Waals surface area contributed by atoms with Crippen LogP contribution in [0.1, 0.15) is 10.4 Å². The molecule has 0 bridgehead atoms. The zero-order valence-electron chi connectivity index (χ0n) is 11.5. The largest absolute Gasteiger partial charge is 0.485 e. The third kappa shape index (κ3) is 2.88. The second-order valence-corrected chi connectivity index (χ2v) is 4.95. The maximum atomic E-state index is 10.8. The van der Waals surface area contributed by atoms with Gasteiger partial charge >= 0.3 is 6.09 Å². The Morgan fingerprint density at radius 2 is 2.18 bits per heavy atom. The predicted molar refractivity (Wildman–Crippen MR) is 76.9 cm³/mol. The number of aromatic nitrogens is 2. The molecule has 7 heteroatoms. The molecule has 22 heavy (non-hydrogen) atoms. The van der Waals surface area contributed by atoms with Gasteiger partial charge in [0, 0.05) is 17.2 Å². The molecule has 7 nitrogen and oxygen atoms in total. The van der Waals surface area contributed by atoms with Crippen molar-refractivity contribution in [2.75, 3.05) is 13.1 Å². The Kier molecular flexibility index (Phi) is 3.69. The molecule has 1 fully saturated rings. The highest BCUT2D eigenvalue weighted by Crippen LogP contribution is 2.23. The number of nitrogens with zero attached hydrogens (tertiary/aromatic N) is 3. The van der Waals surface area contributed by atoms with E-state index in [0.717, 1.165) is 11.8 Å². The number of carbonyl (C=O) groups is 2. The van der Waals surface area contributed by atoms with Crippen LogP contribution in [0, 0.1) is 0 Å². The van der Waals surface area contributed by atoms with Crippen molar-refractivity contribution >= 4 is 12.4 Å². The molecule has 2 heterocycles. The van der Waals surface area contributed by atoms with E-state index in [4.69, 9.17) is 9.84 Å². The normalized spacial score (nSPS) is 14.3. The molecular formula is C15H13N3O4. The number of hydrogen-bond acceptors (Lipinski definition) is 5. The number of carboxylic acid groups (broad SMARTS) is 1. The summed E-state index contributed by atoms with van der Waals surface area (Å²) in [5.74, 6) is 0.525. The van der Waals surface area contributed by atoms with Gasteiger partial charge in [-0.05, 0) is 6.07 Å². The van der Waals surface area contributed by atoms with Gasteiger partial charge in [0.25, 0.3) is 0 Å². The Morgan fingerprint density at radius 3 is 2.91 bits per heavy atom. The van der Waals surface area contributed by atoms with Gasteiger partial charge in [-0.2, -0.15) is 10.2 Å². The van der Waals surface area contributed by atoms with Gasteiger partial charge in [0.15, 0.2) is 0 Å². The van der Waals surface area contributed by atoms with E-state index >= 15 is 0 Å². The first-order chi connectivity index (χ1) is 10.7. The molecule has 112 valence electrons. The summed E-state index contributed by atoms with van der Waals surface area (Å²) in [6.45, 7) is 0.682. The van der Waals surface area contributed by atoms with E-state index in [9.17, 15) is 9.59 Å². The molecule has 1 amide bonds. The van der Waals surface area contributed by atoms with Crippen molar-refractivity contribution in [3.63, 3.8) is 0 Å². The van der Waals surface area contributed by atoms with Gasteiger partial charge in [0.1, 0.15) is 18.1 Å². The average molecular weight is 299 g/mol. The van der Waals surface area contributed by atoms with E-state index in [-0.39, 0.29) is 6.10 Å². The number of rotatable bonds is 4. The monoisotopic (exact) mass is 299 g/mol. The number of ether oxygens (including phenoxy) is 1. The van der Waals surface area contributed by atoms with Gasteiger partial charge in [0.05, 0.1) is 25.0 Å². The highest BCUT2D eigenvalue weighted by molar-refractivity contribution is 5.78. The summed E-state index contributed by atoms with van der Waals surface area (Å²) in [4.78, 5) is 22.8. The van der Waals surface area contributed by atoms with Gasteiger partial charge in [-0.3, -0.25) is 4.79 Å². The van der Waals surface area contributed by atoms with Crippen molar-refractivity contribution < 1.29 is 19.4 Å². The smallest absolute Gasteiger partial charge is 0.407 e. The number of likely N-dealkylation sites (tertiary alicyclic amines) is 1. The fourth-order valence-corrected chi connectivity index (χ4v) is 2.19. The number of hydrogen-bond donors (Lipinski definition) is 1. The molecule has 1 aromatic carbocycles. The molecule has 1 N–H and O–H groups in total. The van der Waals surface area contributed by atoms with Crippen LogP contribution in [0.3, 0.4) is 0 Å². The summed E-state index contributed by atoms with van der Waals surface area (Å²) in [5, 5.41) is 16.7. The van der Waals surface area contributed by atoms with E-state index < -0.39 is 6.09 Å². The topological polar surface area (TPSA) is 92.6 Å². The van der Waals surface area contributed by atoms with Crippen molar-refractivity contribution in [2.24, 2.45) is 0 Å². The van der Waals surface area contributed by atoms with Crippen molar-refractivity contribution in [2.45, 2.75) is 6.10 Å². The Bertz CT molecular complexity index is 713.